The van der Waals surface area contributed by atoms with E-state index in [-0.39, 0.29) is 5.60 Å². The lowest BCUT2D eigenvalue weighted by molar-refractivity contribution is -0.111. The number of rotatable bonds is 6. The maximum Gasteiger partial charge on any atom is 0.200 e. The first-order chi connectivity index (χ1) is 10.1. The Balaban J connectivity index is 2.30. The molecule has 1 aromatic heterocycles. The van der Waals surface area contributed by atoms with Crippen molar-refractivity contribution in [3.63, 3.8) is 0 Å². The molecule has 1 saturated carbocycles. The smallest absolute Gasteiger partial charge is 0.200 e. The molecule has 0 atom stereocenters. The predicted octanol–water partition coefficient (Wildman–Crippen LogP) is 3.21. The van der Waals surface area contributed by atoms with Crippen molar-refractivity contribution in [3.8, 4) is 0 Å². The molecular formula is C16H26N2O3. The van der Waals surface area contributed by atoms with Crippen molar-refractivity contribution in [3.05, 3.63) is 23.8 Å². The summed E-state index contributed by atoms with van der Waals surface area (Å²) in [5, 5.41) is 0. The quantitative estimate of drug-likeness (QED) is 0.754. The van der Waals surface area contributed by atoms with Gasteiger partial charge in [0, 0.05) is 27.0 Å². The second kappa shape index (κ2) is 7.29. The molecule has 118 valence electrons. The number of hydrogen-bond donors (Lipinski definition) is 0. The molecule has 0 unspecified atom stereocenters. The Morgan fingerprint density at radius 3 is 2.52 bits per heavy atom. The van der Waals surface area contributed by atoms with E-state index in [4.69, 9.17) is 14.2 Å². The highest BCUT2D eigenvalue weighted by atomic mass is 16.7. The van der Waals surface area contributed by atoms with Crippen molar-refractivity contribution < 1.29 is 14.2 Å². The molecule has 1 heterocycles. The number of nitrogens with zero attached hydrogens (tertiary/aromatic N) is 2. The van der Waals surface area contributed by atoms with E-state index < -0.39 is 6.29 Å². The lowest BCUT2D eigenvalue weighted by Gasteiger charge is -2.38. The van der Waals surface area contributed by atoms with Crippen molar-refractivity contribution in [2.45, 2.75) is 51.4 Å². The van der Waals surface area contributed by atoms with Gasteiger partial charge in [0.2, 0.25) is 6.29 Å². The van der Waals surface area contributed by atoms with E-state index in [1.807, 2.05) is 13.0 Å². The molecular weight excluding hydrogens is 268 g/mol. The molecule has 0 N–H and O–H groups in total. The van der Waals surface area contributed by atoms with Crippen molar-refractivity contribution in [1.82, 2.24) is 9.97 Å². The van der Waals surface area contributed by atoms with Gasteiger partial charge in [-0.3, -0.25) is 0 Å². The summed E-state index contributed by atoms with van der Waals surface area (Å²) in [4.78, 5) is 9.15. The molecule has 0 bridgehead atoms. The molecule has 0 aliphatic heterocycles. The van der Waals surface area contributed by atoms with Gasteiger partial charge in [0.15, 0.2) is 5.82 Å². The average Bonchev–Trinajstić information content (AvgIpc) is 2.52. The minimum atomic E-state index is -0.465. The first kappa shape index (κ1) is 16.3. The summed E-state index contributed by atoms with van der Waals surface area (Å²) in [6.45, 7) is 4.98. The Bertz CT molecular complexity index is 441. The van der Waals surface area contributed by atoms with Crippen LogP contribution in [0.15, 0.2) is 12.3 Å². The largest absolute Gasteiger partial charge is 0.367 e. The Morgan fingerprint density at radius 1 is 1.29 bits per heavy atom. The van der Waals surface area contributed by atoms with Gasteiger partial charge in [-0.1, -0.05) is 6.92 Å². The van der Waals surface area contributed by atoms with E-state index in [1.54, 1.807) is 20.4 Å². The zero-order valence-electron chi connectivity index (χ0n) is 13.5. The van der Waals surface area contributed by atoms with E-state index in [9.17, 15) is 0 Å². The molecule has 1 fully saturated rings. The van der Waals surface area contributed by atoms with Crippen LogP contribution < -0.4 is 0 Å². The fourth-order valence-electron chi connectivity index (χ4n) is 3.00. The Kier molecular flexibility index (Phi) is 5.67. The Hall–Kier alpha value is -1.04. The van der Waals surface area contributed by atoms with Crippen molar-refractivity contribution in [1.29, 1.82) is 0 Å². The van der Waals surface area contributed by atoms with Crippen LogP contribution in [0.25, 0.3) is 0 Å². The monoisotopic (exact) mass is 294 g/mol. The van der Waals surface area contributed by atoms with Gasteiger partial charge in [-0.25, -0.2) is 9.97 Å². The van der Waals surface area contributed by atoms with Gasteiger partial charge in [0.25, 0.3) is 0 Å². The zero-order valence-corrected chi connectivity index (χ0v) is 13.5. The molecule has 0 amide bonds. The van der Waals surface area contributed by atoms with Crippen LogP contribution >= 0.6 is 0 Å². The average molecular weight is 294 g/mol. The van der Waals surface area contributed by atoms with E-state index in [1.165, 1.54) is 0 Å². The fourth-order valence-corrected chi connectivity index (χ4v) is 3.00. The maximum absolute atomic E-state index is 6.10. The van der Waals surface area contributed by atoms with E-state index in [0.29, 0.717) is 6.61 Å². The number of hydrogen-bond acceptors (Lipinski definition) is 5. The third-order valence-electron chi connectivity index (χ3n) is 4.26. The number of ether oxygens (including phenoxy) is 3. The Morgan fingerprint density at radius 2 is 1.95 bits per heavy atom. The van der Waals surface area contributed by atoms with Gasteiger partial charge in [-0.2, -0.15) is 0 Å². The molecule has 0 radical (unpaired) electrons. The Labute approximate surface area is 127 Å². The van der Waals surface area contributed by atoms with Gasteiger partial charge < -0.3 is 14.2 Å². The van der Waals surface area contributed by atoms with Gasteiger partial charge in [-0.05, 0) is 44.6 Å². The first-order valence-corrected chi connectivity index (χ1v) is 7.68. The van der Waals surface area contributed by atoms with Crippen LogP contribution in [-0.4, -0.2) is 30.8 Å². The van der Waals surface area contributed by atoms with Crippen molar-refractivity contribution >= 4 is 0 Å². The third-order valence-corrected chi connectivity index (χ3v) is 4.26. The van der Waals surface area contributed by atoms with Crippen LogP contribution in [0, 0.1) is 5.92 Å². The minimum absolute atomic E-state index is 0.358. The number of aromatic nitrogens is 2. The van der Waals surface area contributed by atoms with E-state index in [2.05, 4.69) is 16.9 Å². The molecule has 5 heteroatoms. The third kappa shape index (κ3) is 3.59. The molecule has 5 nitrogen and oxygen atoms in total. The van der Waals surface area contributed by atoms with Crippen LogP contribution in [0.2, 0.25) is 0 Å². The summed E-state index contributed by atoms with van der Waals surface area (Å²) in [7, 11) is 3.22. The van der Waals surface area contributed by atoms with E-state index >= 15 is 0 Å². The lowest BCUT2D eigenvalue weighted by atomic mass is 9.79. The molecule has 0 aromatic carbocycles. The van der Waals surface area contributed by atoms with Gasteiger partial charge >= 0.3 is 0 Å². The predicted molar refractivity (Wildman–Crippen MR) is 79.7 cm³/mol. The second-order valence-electron chi connectivity index (χ2n) is 5.72. The van der Waals surface area contributed by atoms with Crippen molar-refractivity contribution in [2.75, 3.05) is 20.8 Å². The van der Waals surface area contributed by atoms with Crippen LogP contribution in [0.3, 0.4) is 0 Å². The molecule has 1 aliphatic rings. The summed E-state index contributed by atoms with van der Waals surface area (Å²) in [6, 6.07) is 1.83. The van der Waals surface area contributed by atoms with Gasteiger partial charge in [-0.15, -0.1) is 0 Å². The van der Waals surface area contributed by atoms with Gasteiger partial charge in [0.1, 0.15) is 11.3 Å². The molecule has 2 rings (SSSR count). The highest BCUT2D eigenvalue weighted by Crippen LogP contribution is 2.41. The summed E-state index contributed by atoms with van der Waals surface area (Å²) in [5.74, 6) is 1.50. The zero-order chi connectivity index (χ0) is 15.3. The topological polar surface area (TPSA) is 53.5 Å². The molecule has 0 spiro atoms. The summed E-state index contributed by atoms with van der Waals surface area (Å²) in [5.41, 5.74) is 0.381. The fraction of sp³-hybridized carbons (Fsp3) is 0.750. The summed E-state index contributed by atoms with van der Waals surface area (Å²) < 4.78 is 16.7. The molecule has 1 aliphatic carbocycles. The van der Waals surface area contributed by atoms with Crippen LogP contribution in [-0.2, 0) is 19.8 Å². The SMILES string of the molecule is CCOC1(c2nccc(C(OC)OC)n2)CCC(C)CC1. The summed E-state index contributed by atoms with van der Waals surface area (Å²) >= 11 is 0. The van der Waals surface area contributed by atoms with Crippen LogP contribution in [0.5, 0.6) is 0 Å². The first-order valence-electron chi connectivity index (χ1n) is 7.68. The van der Waals surface area contributed by atoms with Gasteiger partial charge in [0.05, 0.1) is 0 Å². The molecule has 1 aromatic rings. The van der Waals surface area contributed by atoms with Crippen LogP contribution in [0.4, 0.5) is 0 Å². The molecule has 21 heavy (non-hydrogen) atoms. The number of methoxy groups -OCH3 is 2. The van der Waals surface area contributed by atoms with Crippen LogP contribution in [0.1, 0.15) is 57.3 Å². The lowest BCUT2D eigenvalue weighted by Crippen LogP contribution is -2.36. The standard InChI is InChI=1S/C16H26N2O3/c1-5-21-16(9-6-12(2)7-10-16)15-17-11-8-13(18-15)14(19-3)20-4/h8,11-12,14H,5-7,9-10H2,1-4H3. The maximum atomic E-state index is 6.10. The van der Waals surface area contributed by atoms with E-state index in [0.717, 1.165) is 43.1 Å². The highest BCUT2D eigenvalue weighted by molar-refractivity contribution is 5.11. The minimum Gasteiger partial charge on any atom is -0.367 e. The highest BCUT2D eigenvalue weighted by Gasteiger charge is 2.39. The molecule has 0 saturated heterocycles. The second-order valence-corrected chi connectivity index (χ2v) is 5.72. The van der Waals surface area contributed by atoms with Crippen molar-refractivity contribution in [2.24, 2.45) is 5.92 Å². The summed E-state index contributed by atoms with van der Waals surface area (Å²) in [6.07, 6.45) is 5.53. The normalized spacial score (nSPS) is 26.2.